The van der Waals surface area contributed by atoms with E-state index in [9.17, 15) is 4.79 Å². The number of primary amides is 1. The van der Waals surface area contributed by atoms with Crippen molar-refractivity contribution in [2.45, 2.75) is 37.0 Å². The molecule has 3 aromatic carbocycles. The Balaban J connectivity index is 1.37. The predicted molar refractivity (Wildman–Crippen MR) is 123 cm³/mol. The normalized spacial score (nSPS) is 32.6. The lowest BCUT2D eigenvalue weighted by Gasteiger charge is -2.33. The molecule has 0 bridgehead atoms. The molecule has 6 rings (SSSR count). The highest BCUT2D eigenvalue weighted by Crippen LogP contribution is 2.76. The Hall–Kier alpha value is -2.87. The third kappa shape index (κ3) is 3.04. The first-order valence-corrected chi connectivity index (χ1v) is 11.7. The molecule has 0 saturated heterocycles. The average molecular weight is 408 g/mol. The third-order valence-electron chi connectivity index (χ3n) is 8.32. The maximum absolute atomic E-state index is 13.4. The third-order valence-corrected chi connectivity index (χ3v) is 8.32. The summed E-state index contributed by atoms with van der Waals surface area (Å²) in [6.07, 6.45) is 3.26. The van der Waals surface area contributed by atoms with Crippen LogP contribution in [0.15, 0.2) is 91.0 Å². The Morgan fingerprint density at radius 3 is 1.13 bits per heavy atom. The number of rotatable bonds is 7. The number of hydrogen-bond donors (Lipinski definition) is 1. The van der Waals surface area contributed by atoms with Crippen molar-refractivity contribution < 1.29 is 4.79 Å². The number of amides is 1. The fraction of sp³-hybridized carbons (Fsp3) is 0.345. The van der Waals surface area contributed by atoms with Gasteiger partial charge in [-0.25, -0.2) is 0 Å². The number of benzene rings is 3. The summed E-state index contributed by atoms with van der Waals surface area (Å²) in [5.74, 6) is 2.43. The lowest BCUT2D eigenvalue weighted by atomic mass is 9.69. The van der Waals surface area contributed by atoms with Gasteiger partial charge in [-0.05, 0) is 71.5 Å². The van der Waals surface area contributed by atoms with E-state index in [2.05, 4.69) is 91.0 Å². The molecule has 3 saturated carbocycles. The van der Waals surface area contributed by atoms with Crippen LogP contribution >= 0.6 is 0 Å². The molecule has 3 aliphatic carbocycles. The Bertz CT molecular complexity index is 948. The summed E-state index contributed by atoms with van der Waals surface area (Å²) < 4.78 is 0. The van der Waals surface area contributed by atoms with Gasteiger partial charge < -0.3 is 5.73 Å². The first kappa shape index (κ1) is 18.9. The molecule has 3 aromatic rings. The monoisotopic (exact) mass is 407 g/mol. The van der Waals surface area contributed by atoms with Gasteiger partial charge in [0.15, 0.2) is 0 Å². The largest absolute Gasteiger partial charge is 0.369 e. The summed E-state index contributed by atoms with van der Waals surface area (Å²) in [4.78, 5) is 13.4. The van der Waals surface area contributed by atoms with E-state index < -0.39 is 5.41 Å². The Kier molecular flexibility index (Phi) is 4.31. The first-order chi connectivity index (χ1) is 15.2. The van der Waals surface area contributed by atoms with Crippen LogP contribution in [0.2, 0.25) is 0 Å². The van der Waals surface area contributed by atoms with Gasteiger partial charge in [0, 0.05) is 0 Å². The molecule has 156 valence electrons. The maximum atomic E-state index is 13.4. The van der Waals surface area contributed by atoms with Gasteiger partial charge in [0.2, 0.25) is 5.91 Å². The first-order valence-electron chi connectivity index (χ1n) is 11.7. The zero-order valence-corrected chi connectivity index (χ0v) is 17.7. The molecule has 2 heteroatoms. The van der Waals surface area contributed by atoms with Crippen molar-refractivity contribution in [3.8, 4) is 0 Å². The lowest BCUT2D eigenvalue weighted by molar-refractivity contribution is -0.132. The number of nitrogens with two attached hydrogens (primary N) is 1. The summed E-state index contributed by atoms with van der Waals surface area (Å²) in [5, 5.41) is 0. The van der Waals surface area contributed by atoms with Crippen molar-refractivity contribution in [1.29, 1.82) is 0 Å². The van der Waals surface area contributed by atoms with Gasteiger partial charge in [-0.3, -0.25) is 4.79 Å². The van der Waals surface area contributed by atoms with E-state index in [4.69, 9.17) is 5.73 Å². The van der Waals surface area contributed by atoms with E-state index in [0.717, 1.165) is 19.3 Å². The molecule has 3 fully saturated rings. The molecule has 0 spiro atoms. The van der Waals surface area contributed by atoms with Crippen LogP contribution in [0.5, 0.6) is 0 Å². The standard InChI is InChI=1S/C29H29NO/c30-28(31)29(25-16-22(25)19-10-4-1-5-11-19,26-17-23(26)20-12-6-2-7-13-20)27-18-24(27)21-14-8-3-9-15-21/h1-15,22-27H,16-18H2,(H2,30,31). The van der Waals surface area contributed by atoms with Gasteiger partial charge in [-0.2, -0.15) is 0 Å². The van der Waals surface area contributed by atoms with E-state index in [1.165, 1.54) is 16.7 Å². The molecule has 0 aromatic heterocycles. The molecule has 6 unspecified atom stereocenters. The minimum Gasteiger partial charge on any atom is -0.369 e. The summed E-state index contributed by atoms with van der Waals surface area (Å²) in [5.41, 5.74) is 10.1. The minimum absolute atomic E-state index is 0.0530. The summed E-state index contributed by atoms with van der Waals surface area (Å²) >= 11 is 0. The van der Waals surface area contributed by atoms with Gasteiger partial charge in [-0.1, -0.05) is 91.0 Å². The van der Waals surface area contributed by atoms with Crippen molar-refractivity contribution in [2.75, 3.05) is 0 Å². The Labute approximate surface area is 184 Å². The van der Waals surface area contributed by atoms with Crippen molar-refractivity contribution in [2.24, 2.45) is 28.9 Å². The van der Waals surface area contributed by atoms with Crippen molar-refractivity contribution in [3.05, 3.63) is 108 Å². The van der Waals surface area contributed by atoms with Crippen LogP contribution in [0.1, 0.15) is 53.7 Å². The Morgan fingerprint density at radius 2 is 0.871 bits per heavy atom. The summed E-state index contributed by atoms with van der Waals surface area (Å²) in [6, 6.07) is 32.2. The van der Waals surface area contributed by atoms with E-state index in [0.29, 0.717) is 35.5 Å². The minimum atomic E-state index is -0.401. The number of carbonyl (C=O) groups is 1. The van der Waals surface area contributed by atoms with Crippen LogP contribution in [0.4, 0.5) is 0 Å². The summed E-state index contributed by atoms with van der Waals surface area (Å²) in [6.45, 7) is 0. The van der Waals surface area contributed by atoms with Crippen LogP contribution < -0.4 is 5.73 Å². The Morgan fingerprint density at radius 1 is 0.581 bits per heavy atom. The highest BCUT2D eigenvalue weighted by Gasteiger charge is 2.72. The lowest BCUT2D eigenvalue weighted by Crippen LogP contribution is -2.44. The van der Waals surface area contributed by atoms with Crippen LogP contribution in [0.25, 0.3) is 0 Å². The van der Waals surface area contributed by atoms with E-state index in [1.807, 2.05) is 0 Å². The highest BCUT2D eigenvalue weighted by molar-refractivity contribution is 5.84. The van der Waals surface area contributed by atoms with E-state index >= 15 is 0 Å². The smallest absolute Gasteiger partial charge is 0.224 e. The number of carbonyl (C=O) groups excluding carboxylic acids is 1. The van der Waals surface area contributed by atoms with Gasteiger partial charge >= 0.3 is 0 Å². The zero-order valence-electron chi connectivity index (χ0n) is 17.7. The molecule has 31 heavy (non-hydrogen) atoms. The van der Waals surface area contributed by atoms with Crippen molar-refractivity contribution in [1.82, 2.24) is 0 Å². The molecular weight excluding hydrogens is 378 g/mol. The second-order valence-corrected chi connectivity index (χ2v) is 9.88. The van der Waals surface area contributed by atoms with Gasteiger partial charge in [0.1, 0.15) is 0 Å². The fourth-order valence-electron chi connectivity index (χ4n) is 6.75. The molecule has 0 aliphatic heterocycles. The van der Waals surface area contributed by atoms with Crippen LogP contribution in [0, 0.1) is 23.2 Å². The van der Waals surface area contributed by atoms with E-state index in [-0.39, 0.29) is 5.91 Å². The van der Waals surface area contributed by atoms with Crippen molar-refractivity contribution in [3.63, 3.8) is 0 Å². The zero-order chi connectivity index (χ0) is 21.0. The van der Waals surface area contributed by atoms with Gasteiger partial charge in [0.25, 0.3) is 0 Å². The molecular formula is C29H29NO. The van der Waals surface area contributed by atoms with Gasteiger partial charge in [-0.15, -0.1) is 0 Å². The van der Waals surface area contributed by atoms with Crippen LogP contribution in [-0.2, 0) is 4.79 Å². The molecule has 3 aliphatic rings. The fourth-order valence-corrected chi connectivity index (χ4v) is 6.75. The molecule has 0 radical (unpaired) electrons. The molecule has 6 atom stereocenters. The maximum Gasteiger partial charge on any atom is 0.224 e. The molecule has 0 heterocycles. The number of hydrogen-bond acceptors (Lipinski definition) is 1. The van der Waals surface area contributed by atoms with Crippen LogP contribution in [0.3, 0.4) is 0 Å². The van der Waals surface area contributed by atoms with E-state index in [1.54, 1.807) is 0 Å². The van der Waals surface area contributed by atoms with Gasteiger partial charge in [0.05, 0.1) is 5.41 Å². The summed E-state index contributed by atoms with van der Waals surface area (Å²) in [7, 11) is 0. The topological polar surface area (TPSA) is 43.1 Å². The highest BCUT2D eigenvalue weighted by atomic mass is 16.1. The predicted octanol–water partition coefficient (Wildman–Crippen LogP) is 5.87. The van der Waals surface area contributed by atoms with Crippen molar-refractivity contribution >= 4 is 5.91 Å². The van der Waals surface area contributed by atoms with Crippen LogP contribution in [-0.4, -0.2) is 5.91 Å². The molecule has 2 N–H and O–H groups in total. The SMILES string of the molecule is NC(=O)C(C1CC1c1ccccc1)(C1CC1c1ccccc1)C1CC1c1ccccc1. The molecule has 2 nitrogen and oxygen atoms in total. The second kappa shape index (κ2) is 7.09. The molecule has 1 amide bonds. The second-order valence-electron chi connectivity index (χ2n) is 9.88. The quantitative estimate of drug-likeness (QED) is 0.523. The average Bonchev–Trinajstić information content (AvgIpc) is 3.69.